The second kappa shape index (κ2) is 6.06. The number of halogens is 1. The normalized spacial score (nSPS) is 27.2. The van der Waals surface area contributed by atoms with Crippen molar-refractivity contribution in [3.05, 3.63) is 16.0 Å². The van der Waals surface area contributed by atoms with Crippen LogP contribution in [0.5, 0.6) is 0 Å². The number of alkyl halides is 1. The lowest BCUT2D eigenvalue weighted by molar-refractivity contribution is 0.0951. The van der Waals surface area contributed by atoms with Crippen molar-refractivity contribution < 1.29 is 14.3 Å². The van der Waals surface area contributed by atoms with Crippen LogP contribution in [0, 0.1) is 11.8 Å². The maximum absolute atomic E-state index is 13.2. The number of aryl methyl sites for hydroxylation is 1. The molecule has 1 heterocycles. The molecule has 2 saturated carbocycles. The summed E-state index contributed by atoms with van der Waals surface area (Å²) in [5.41, 5.74) is 1.83. The third-order valence-corrected chi connectivity index (χ3v) is 6.31. The van der Waals surface area contributed by atoms with E-state index in [1.807, 2.05) is 0 Å². The van der Waals surface area contributed by atoms with Gasteiger partial charge < -0.3 is 15.7 Å². The van der Waals surface area contributed by atoms with E-state index < -0.39 is 12.4 Å². The van der Waals surface area contributed by atoms with E-state index in [-0.39, 0.29) is 11.8 Å². The van der Waals surface area contributed by atoms with Crippen LogP contribution >= 0.6 is 11.3 Å². The van der Waals surface area contributed by atoms with Gasteiger partial charge in [0.25, 0.3) is 5.91 Å². The third kappa shape index (κ3) is 3.24. The molecular weight excluding hydrogens is 315 g/mol. The zero-order valence-electron chi connectivity index (χ0n) is 13.1. The molecule has 1 amide bonds. The van der Waals surface area contributed by atoms with Crippen LogP contribution in [0.25, 0.3) is 0 Å². The Morgan fingerprint density at radius 3 is 2.78 bits per heavy atom. The Labute approximate surface area is 139 Å². The van der Waals surface area contributed by atoms with Gasteiger partial charge in [-0.2, -0.15) is 0 Å². The summed E-state index contributed by atoms with van der Waals surface area (Å²) in [6, 6.07) is 0. The predicted molar refractivity (Wildman–Crippen MR) is 88.7 cm³/mol. The van der Waals surface area contributed by atoms with Gasteiger partial charge in [0.1, 0.15) is 17.4 Å². The first-order valence-electron chi connectivity index (χ1n) is 8.65. The summed E-state index contributed by atoms with van der Waals surface area (Å²) in [4.78, 5) is 13.9. The Kier molecular flexibility index (Phi) is 4.05. The number of hydrogen-bond donors (Lipinski definition) is 3. The molecule has 0 spiro atoms. The fourth-order valence-electron chi connectivity index (χ4n) is 3.30. The van der Waals surface area contributed by atoms with E-state index in [2.05, 4.69) is 10.6 Å². The molecule has 3 aliphatic rings. The molecule has 3 atom stereocenters. The topological polar surface area (TPSA) is 61.4 Å². The molecular formula is C17H23FN2O2S. The number of anilines is 1. The fourth-order valence-corrected chi connectivity index (χ4v) is 4.62. The van der Waals surface area contributed by atoms with E-state index >= 15 is 0 Å². The number of carbonyl (C=O) groups is 1. The molecule has 6 heteroatoms. The molecule has 4 rings (SSSR count). The van der Waals surface area contributed by atoms with Crippen molar-refractivity contribution in [2.24, 2.45) is 11.8 Å². The average molecular weight is 338 g/mol. The Balaban J connectivity index is 1.55. The highest BCUT2D eigenvalue weighted by Crippen LogP contribution is 2.42. The van der Waals surface area contributed by atoms with Gasteiger partial charge >= 0.3 is 0 Å². The number of carbonyl (C=O) groups excluding carboxylic acids is 1. The van der Waals surface area contributed by atoms with Gasteiger partial charge in [-0.3, -0.25) is 4.79 Å². The zero-order chi connectivity index (χ0) is 16.0. The van der Waals surface area contributed by atoms with Crippen molar-refractivity contribution in [3.8, 4) is 0 Å². The number of rotatable bonds is 6. The molecule has 4 nitrogen and oxygen atoms in total. The van der Waals surface area contributed by atoms with Crippen LogP contribution in [-0.4, -0.2) is 30.0 Å². The van der Waals surface area contributed by atoms with Crippen LogP contribution < -0.4 is 10.6 Å². The molecule has 0 aromatic carbocycles. The van der Waals surface area contributed by atoms with Gasteiger partial charge in [-0.25, -0.2) is 4.39 Å². The first-order valence-corrected chi connectivity index (χ1v) is 9.46. The molecule has 1 aromatic heterocycles. The summed E-state index contributed by atoms with van der Waals surface area (Å²) in [5.74, 6) is 0.254. The van der Waals surface area contributed by atoms with Crippen LogP contribution in [-0.2, 0) is 12.8 Å². The zero-order valence-corrected chi connectivity index (χ0v) is 13.9. The second-order valence-electron chi connectivity index (χ2n) is 7.07. The van der Waals surface area contributed by atoms with E-state index in [1.54, 1.807) is 11.3 Å². The molecule has 3 N–H and O–H groups in total. The van der Waals surface area contributed by atoms with Crippen LogP contribution in [0.1, 0.15) is 52.9 Å². The first-order chi connectivity index (χ1) is 11.1. The lowest BCUT2D eigenvalue weighted by atomic mass is 9.95. The smallest absolute Gasteiger partial charge is 0.254 e. The Morgan fingerprint density at radius 1 is 1.35 bits per heavy atom. The van der Waals surface area contributed by atoms with E-state index in [0.29, 0.717) is 17.9 Å². The van der Waals surface area contributed by atoms with Gasteiger partial charge in [-0.15, -0.1) is 11.3 Å². The number of thiophene rings is 1. The largest absolute Gasteiger partial charge is 0.373 e. The standard InChI is InChI=1S/C17H23FN2O2S/c18-12-7-11(12)15(21)20-17-14(16(22)19-8-9-5-6-9)10-3-1-2-4-13(10)23-17/h9,11-12,15,20-21H,1-8H2,(H,19,22). The van der Waals surface area contributed by atoms with Gasteiger partial charge in [-0.05, 0) is 56.4 Å². The van der Waals surface area contributed by atoms with Crippen LogP contribution in [0.15, 0.2) is 0 Å². The predicted octanol–water partition coefficient (Wildman–Crippen LogP) is 2.86. The minimum atomic E-state index is -0.917. The highest BCUT2D eigenvalue weighted by Gasteiger charge is 2.44. The van der Waals surface area contributed by atoms with Crippen molar-refractivity contribution in [3.63, 3.8) is 0 Å². The van der Waals surface area contributed by atoms with Gasteiger partial charge in [-0.1, -0.05) is 0 Å². The summed E-state index contributed by atoms with van der Waals surface area (Å²) in [6.07, 6.45) is 5.15. The summed E-state index contributed by atoms with van der Waals surface area (Å²) < 4.78 is 13.2. The fraction of sp³-hybridized carbons (Fsp3) is 0.706. The molecule has 1 aromatic rings. The van der Waals surface area contributed by atoms with Gasteiger partial charge in [0.05, 0.1) is 5.56 Å². The van der Waals surface area contributed by atoms with Crippen molar-refractivity contribution in [1.82, 2.24) is 5.32 Å². The van der Waals surface area contributed by atoms with Crippen LogP contribution in [0.4, 0.5) is 9.39 Å². The van der Waals surface area contributed by atoms with Crippen LogP contribution in [0.2, 0.25) is 0 Å². The highest BCUT2D eigenvalue weighted by molar-refractivity contribution is 7.16. The Bertz CT molecular complexity index is 614. The number of aliphatic hydroxyl groups is 1. The monoisotopic (exact) mass is 338 g/mol. The lowest BCUT2D eigenvalue weighted by Gasteiger charge is -2.15. The summed E-state index contributed by atoms with van der Waals surface area (Å²) in [7, 11) is 0. The summed E-state index contributed by atoms with van der Waals surface area (Å²) in [6.45, 7) is 0.737. The molecule has 0 aliphatic heterocycles. The molecule has 3 unspecified atom stereocenters. The summed E-state index contributed by atoms with van der Waals surface area (Å²) >= 11 is 1.56. The van der Waals surface area contributed by atoms with Crippen LogP contribution in [0.3, 0.4) is 0 Å². The molecule has 0 radical (unpaired) electrons. The maximum atomic E-state index is 13.2. The average Bonchev–Trinajstić information content (AvgIpc) is 3.44. The third-order valence-electron chi connectivity index (χ3n) is 5.09. The molecule has 3 aliphatic carbocycles. The number of hydrogen-bond acceptors (Lipinski definition) is 4. The lowest BCUT2D eigenvalue weighted by Crippen LogP contribution is -2.29. The number of nitrogens with one attached hydrogen (secondary N) is 2. The van der Waals surface area contributed by atoms with Gasteiger partial charge in [0, 0.05) is 17.3 Å². The first kappa shape index (κ1) is 15.4. The van der Waals surface area contributed by atoms with E-state index in [9.17, 15) is 14.3 Å². The number of fused-ring (bicyclic) bond motifs is 1. The highest BCUT2D eigenvalue weighted by atomic mass is 32.1. The quantitative estimate of drug-likeness (QED) is 0.699. The van der Waals surface area contributed by atoms with Gasteiger partial charge in [0.2, 0.25) is 0 Å². The Hall–Kier alpha value is -1.14. The van der Waals surface area contributed by atoms with Crippen molar-refractivity contribution >= 4 is 22.2 Å². The molecule has 23 heavy (non-hydrogen) atoms. The molecule has 0 bridgehead atoms. The second-order valence-corrected chi connectivity index (χ2v) is 8.18. The maximum Gasteiger partial charge on any atom is 0.254 e. The van der Waals surface area contributed by atoms with Crippen molar-refractivity contribution in [2.45, 2.75) is 57.3 Å². The van der Waals surface area contributed by atoms with Crippen molar-refractivity contribution in [2.75, 3.05) is 11.9 Å². The van der Waals surface area contributed by atoms with Crippen molar-refractivity contribution in [1.29, 1.82) is 0 Å². The summed E-state index contributed by atoms with van der Waals surface area (Å²) in [5, 5.41) is 16.9. The molecule has 2 fully saturated rings. The molecule has 0 saturated heterocycles. The minimum absolute atomic E-state index is 0.0430. The van der Waals surface area contributed by atoms with E-state index in [1.165, 1.54) is 17.7 Å². The number of aliphatic hydroxyl groups excluding tert-OH is 1. The minimum Gasteiger partial charge on any atom is -0.373 e. The van der Waals surface area contributed by atoms with E-state index in [0.717, 1.165) is 42.8 Å². The van der Waals surface area contributed by atoms with E-state index in [4.69, 9.17) is 0 Å². The number of amides is 1. The Morgan fingerprint density at radius 2 is 2.09 bits per heavy atom. The van der Waals surface area contributed by atoms with Gasteiger partial charge in [0.15, 0.2) is 0 Å². The SMILES string of the molecule is O=C(NCC1CC1)c1c(NC(O)C2CC2F)sc2c1CCCC2. The molecule has 126 valence electrons.